The molecule has 2 aromatic heterocycles. The molecule has 2 aromatic carbocycles. The number of aryl methyl sites for hydroxylation is 2. The van der Waals surface area contributed by atoms with Gasteiger partial charge in [-0.15, -0.1) is 0 Å². The Morgan fingerprint density at radius 2 is 1.83 bits per heavy atom. The number of rotatable bonds is 1. The maximum Gasteiger partial charge on any atom is 0.214 e. The van der Waals surface area contributed by atoms with Crippen molar-refractivity contribution in [3.8, 4) is 17.3 Å². The number of para-hydroxylation sites is 1. The highest BCUT2D eigenvalue weighted by Crippen LogP contribution is 2.37. The molecular formula is C20H15N2O+. The third kappa shape index (κ3) is 1.92. The lowest BCUT2D eigenvalue weighted by Gasteiger charge is -2.07. The highest BCUT2D eigenvalue weighted by molar-refractivity contribution is 6.08. The number of furan rings is 1. The van der Waals surface area contributed by atoms with Crippen LogP contribution in [0.5, 0.6) is 0 Å². The van der Waals surface area contributed by atoms with Gasteiger partial charge < -0.3 is 4.42 Å². The van der Waals surface area contributed by atoms with E-state index in [1.165, 1.54) is 0 Å². The average Bonchev–Trinajstić information content (AvgIpc) is 2.93. The zero-order valence-corrected chi connectivity index (χ0v) is 13.0. The highest BCUT2D eigenvalue weighted by Gasteiger charge is 2.22. The summed E-state index contributed by atoms with van der Waals surface area (Å²) < 4.78 is 8.03. The first kappa shape index (κ1) is 13.5. The van der Waals surface area contributed by atoms with Crippen molar-refractivity contribution in [2.45, 2.75) is 6.92 Å². The Bertz CT molecular complexity index is 1100. The van der Waals surface area contributed by atoms with E-state index in [0.717, 1.165) is 33.2 Å². The van der Waals surface area contributed by atoms with Crippen molar-refractivity contribution in [2.75, 3.05) is 0 Å². The lowest BCUT2D eigenvalue weighted by molar-refractivity contribution is -0.660. The zero-order valence-electron chi connectivity index (χ0n) is 13.0. The molecule has 0 unspecified atom stereocenters. The molecule has 0 bridgehead atoms. The van der Waals surface area contributed by atoms with Crippen molar-refractivity contribution >= 4 is 21.9 Å². The second-order valence-electron chi connectivity index (χ2n) is 5.73. The van der Waals surface area contributed by atoms with Crippen LogP contribution in [0.1, 0.15) is 11.1 Å². The Balaban J connectivity index is 2.18. The molecule has 0 N–H and O–H groups in total. The van der Waals surface area contributed by atoms with Gasteiger partial charge in [0.25, 0.3) is 0 Å². The predicted molar refractivity (Wildman–Crippen MR) is 89.8 cm³/mol. The smallest absolute Gasteiger partial charge is 0.214 e. The molecule has 0 saturated carbocycles. The first-order chi connectivity index (χ1) is 11.2. The van der Waals surface area contributed by atoms with Crippen molar-refractivity contribution in [3.05, 3.63) is 65.9 Å². The molecule has 2 heterocycles. The number of pyridine rings is 1. The van der Waals surface area contributed by atoms with E-state index in [1.54, 1.807) is 0 Å². The monoisotopic (exact) mass is 299 g/mol. The van der Waals surface area contributed by atoms with Crippen LogP contribution >= 0.6 is 0 Å². The molecule has 0 amide bonds. The topological polar surface area (TPSA) is 40.8 Å². The molecule has 4 aromatic rings. The molecule has 3 nitrogen and oxygen atoms in total. The van der Waals surface area contributed by atoms with Gasteiger partial charge in [0.1, 0.15) is 24.3 Å². The molecule has 110 valence electrons. The largest absolute Gasteiger partial charge is 0.455 e. The number of hydrogen-bond donors (Lipinski definition) is 0. The molecule has 23 heavy (non-hydrogen) atoms. The summed E-state index contributed by atoms with van der Waals surface area (Å²) in [6.07, 6.45) is 1.98. The normalized spacial score (nSPS) is 11.0. The molecule has 0 radical (unpaired) electrons. The maximum atomic E-state index is 9.80. The van der Waals surface area contributed by atoms with Crippen molar-refractivity contribution < 1.29 is 8.98 Å². The van der Waals surface area contributed by atoms with Crippen molar-refractivity contribution in [1.29, 1.82) is 5.26 Å². The second-order valence-corrected chi connectivity index (χ2v) is 5.73. The maximum absolute atomic E-state index is 9.80. The predicted octanol–water partition coefficient (Wildman–Crippen LogP) is 4.26. The second kappa shape index (κ2) is 4.96. The van der Waals surface area contributed by atoms with Crippen LogP contribution in [0.2, 0.25) is 0 Å². The fourth-order valence-electron chi connectivity index (χ4n) is 3.21. The summed E-state index contributed by atoms with van der Waals surface area (Å²) in [5.74, 6) is 0. The van der Waals surface area contributed by atoms with Crippen molar-refractivity contribution in [2.24, 2.45) is 7.05 Å². The van der Waals surface area contributed by atoms with Crippen LogP contribution in [-0.4, -0.2) is 0 Å². The molecule has 0 aliphatic carbocycles. The quantitative estimate of drug-likeness (QED) is 0.493. The molecule has 0 fully saturated rings. The molecule has 0 aliphatic heterocycles. The molecule has 3 heteroatoms. The summed E-state index contributed by atoms with van der Waals surface area (Å²) in [6, 6.07) is 18.4. The minimum absolute atomic E-state index is 0.595. The van der Waals surface area contributed by atoms with Gasteiger partial charge in [0, 0.05) is 22.9 Å². The SMILES string of the molecule is Cc1cc2c(oc3ccccc32)c(C#N)c1-c1cccc[n+]1C. The van der Waals surface area contributed by atoms with E-state index in [9.17, 15) is 5.26 Å². The Morgan fingerprint density at radius 3 is 2.61 bits per heavy atom. The van der Waals surface area contributed by atoms with Crippen LogP contribution in [0.4, 0.5) is 0 Å². The third-order valence-corrected chi connectivity index (χ3v) is 4.29. The van der Waals surface area contributed by atoms with E-state index in [1.807, 2.05) is 67.2 Å². The molecule has 0 saturated heterocycles. The minimum atomic E-state index is 0.595. The molecule has 0 aliphatic rings. The van der Waals surface area contributed by atoms with Gasteiger partial charge in [0.2, 0.25) is 5.69 Å². The van der Waals surface area contributed by atoms with Gasteiger partial charge in [-0.25, -0.2) is 4.57 Å². The lowest BCUT2D eigenvalue weighted by Crippen LogP contribution is -2.30. The summed E-state index contributed by atoms with van der Waals surface area (Å²) in [5.41, 5.74) is 5.08. The van der Waals surface area contributed by atoms with Crippen LogP contribution in [0.25, 0.3) is 33.2 Å². The molecule has 0 spiro atoms. The summed E-state index contributed by atoms with van der Waals surface area (Å²) in [7, 11) is 1.98. The Hall–Kier alpha value is -3.12. The Morgan fingerprint density at radius 1 is 1.04 bits per heavy atom. The number of benzene rings is 2. The van der Waals surface area contributed by atoms with Gasteiger partial charge in [-0.05, 0) is 30.7 Å². The number of fused-ring (bicyclic) bond motifs is 3. The van der Waals surface area contributed by atoms with Crippen LogP contribution in [0.15, 0.2) is 59.1 Å². The number of nitrogens with zero attached hydrogens (tertiary/aromatic N) is 2. The number of nitriles is 1. The first-order valence-corrected chi connectivity index (χ1v) is 7.50. The summed E-state index contributed by atoms with van der Waals surface area (Å²) >= 11 is 0. The van der Waals surface area contributed by atoms with E-state index in [2.05, 4.69) is 12.1 Å². The Kier molecular flexibility index (Phi) is 2.92. The molecule has 4 rings (SSSR count). The average molecular weight is 299 g/mol. The molecular weight excluding hydrogens is 284 g/mol. The van der Waals surface area contributed by atoms with Crippen LogP contribution in [0.3, 0.4) is 0 Å². The summed E-state index contributed by atoms with van der Waals surface area (Å²) in [6.45, 7) is 2.05. The van der Waals surface area contributed by atoms with E-state index < -0.39 is 0 Å². The van der Waals surface area contributed by atoms with E-state index in [0.29, 0.717) is 11.1 Å². The van der Waals surface area contributed by atoms with E-state index in [-0.39, 0.29) is 0 Å². The fraction of sp³-hybridized carbons (Fsp3) is 0.100. The van der Waals surface area contributed by atoms with Gasteiger partial charge in [-0.3, -0.25) is 0 Å². The first-order valence-electron chi connectivity index (χ1n) is 7.50. The fourth-order valence-corrected chi connectivity index (χ4v) is 3.21. The van der Waals surface area contributed by atoms with Crippen LogP contribution < -0.4 is 4.57 Å². The third-order valence-electron chi connectivity index (χ3n) is 4.29. The molecule has 0 atom stereocenters. The number of aromatic nitrogens is 1. The standard InChI is InChI=1S/C20H15N2O/c1-13-11-15-14-7-3-4-9-18(14)23-20(15)16(12-21)19(13)17-8-5-6-10-22(17)2/h3-11H,1-2H3/q+1. The van der Waals surface area contributed by atoms with E-state index >= 15 is 0 Å². The van der Waals surface area contributed by atoms with Gasteiger partial charge in [0.15, 0.2) is 11.8 Å². The summed E-state index contributed by atoms with van der Waals surface area (Å²) in [4.78, 5) is 0. The van der Waals surface area contributed by atoms with Crippen LogP contribution in [-0.2, 0) is 7.05 Å². The van der Waals surface area contributed by atoms with Crippen molar-refractivity contribution in [1.82, 2.24) is 0 Å². The van der Waals surface area contributed by atoms with Crippen molar-refractivity contribution in [3.63, 3.8) is 0 Å². The number of hydrogen-bond acceptors (Lipinski definition) is 2. The Labute approximate surface area is 134 Å². The highest BCUT2D eigenvalue weighted by atomic mass is 16.3. The van der Waals surface area contributed by atoms with Gasteiger partial charge in [-0.2, -0.15) is 5.26 Å². The van der Waals surface area contributed by atoms with Gasteiger partial charge in [0.05, 0.1) is 5.56 Å². The van der Waals surface area contributed by atoms with E-state index in [4.69, 9.17) is 4.42 Å². The van der Waals surface area contributed by atoms with Gasteiger partial charge >= 0.3 is 0 Å². The summed E-state index contributed by atoms with van der Waals surface area (Å²) in [5, 5.41) is 11.8. The zero-order chi connectivity index (χ0) is 16.0. The van der Waals surface area contributed by atoms with Gasteiger partial charge in [-0.1, -0.05) is 18.2 Å². The lowest BCUT2D eigenvalue weighted by atomic mass is 9.95. The van der Waals surface area contributed by atoms with Crippen LogP contribution in [0, 0.1) is 18.3 Å². The minimum Gasteiger partial charge on any atom is -0.455 e.